The van der Waals surface area contributed by atoms with Crippen molar-refractivity contribution < 1.29 is 4.39 Å². The van der Waals surface area contributed by atoms with Crippen LogP contribution in [0.1, 0.15) is 31.7 Å². The zero-order valence-electron chi connectivity index (χ0n) is 16.6. The Balaban J connectivity index is 1.63. The minimum atomic E-state index is -0.518. The van der Waals surface area contributed by atoms with E-state index in [0.29, 0.717) is 11.5 Å². The summed E-state index contributed by atoms with van der Waals surface area (Å²) in [7, 11) is 3.95. The van der Waals surface area contributed by atoms with Crippen LogP contribution in [0.2, 0.25) is 0 Å². The maximum atomic E-state index is 14.5. The van der Waals surface area contributed by atoms with Crippen molar-refractivity contribution in [1.82, 2.24) is 14.5 Å². The number of hydrogen-bond donors (Lipinski definition) is 1. The van der Waals surface area contributed by atoms with Gasteiger partial charge in [-0.1, -0.05) is 12.8 Å². The van der Waals surface area contributed by atoms with Crippen LogP contribution in [0.15, 0.2) is 53.6 Å². The highest BCUT2D eigenvalue weighted by Crippen LogP contribution is 2.30. The number of aromatic nitrogens is 3. The lowest BCUT2D eigenvalue weighted by Crippen LogP contribution is -2.22. The molecule has 6 nitrogen and oxygen atoms in total. The summed E-state index contributed by atoms with van der Waals surface area (Å²) in [5.41, 5.74) is 2.57. The van der Waals surface area contributed by atoms with Crippen LogP contribution in [0, 0.1) is 5.82 Å². The number of benzene rings is 1. The molecule has 2 aromatic heterocycles. The number of rotatable bonds is 5. The van der Waals surface area contributed by atoms with Gasteiger partial charge in [0.15, 0.2) is 5.82 Å². The van der Waals surface area contributed by atoms with Crippen LogP contribution in [0.5, 0.6) is 0 Å². The number of anilines is 3. The third-order valence-corrected chi connectivity index (χ3v) is 5.31. The van der Waals surface area contributed by atoms with Gasteiger partial charge in [-0.2, -0.15) is 0 Å². The monoisotopic (exact) mass is 393 g/mol. The van der Waals surface area contributed by atoms with Gasteiger partial charge in [0, 0.05) is 49.3 Å². The molecule has 4 rings (SSSR count). The maximum absolute atomic E-state index is 14.5. The first kappa shape index (κ1) is 19.1. The molecular formula is C22H24FN5O. The molecule has 0 radical (unpaired) electrons. The predicted molar refractivity (Wildman–Crippen MR) is 113 cm³/mol. The van der Waals surface area contributed by atoms with E-state index in [1.165, 1.54) is 6.07 Å². The highest BCUT2D eigenvalue weighted by Gasteiger charge is 2.19. The first-order chi connectivity index (χ1) is 14.0. The second-order valence-electron chi connectivity index (χ2n) is 7.56. The second kappa shape index (κ2) is 8.03. The van der Waals surface area contributed by atoms with Gasteiger partial charge < -0.3 is 14.8 Å². The van der Waals surface area contributed by atoms with Crippen LogP contribution in [-0.4, -0.2) is 28.6 Å². The Kier molecular flexibility index (Phi) is 5.29. The van der Waals surface area contributed by atoms with Gasteiger partial charge in [0.05, 0.1) is 6.20 Å². The molecule has 0 bridgehead atoms. The van der Waals surface area contributed by atoms with E-state index in [9.17, 15) is 9.18 Å². The molecule has 0 aliphatic heterocycles. The van der Waals surface area contributed by atoms with Crippen LogP contribution in [0.4, 0.5) is 21.7 Å². The Morgan fingerprint density at radius 2 is 1.83 bits per heavy atom. The minimum absolute atomic E-state index is 0.0607. The second-order valence-corrected chi connectivity index (χ2v) is 7.56. The lowest BCUT2D eigenvalue weighted by molar-refractivity contribution is 0.503. The third-order valence-electron chi connectivity index (χ3n) is 5.31. The van der Waals surface area contributed by atoms with Crippen LogP contribution < -0.4 is 15.8 Å². The fraction of sp³-hybridized carbons (Fsp3) is 0.318. The summed E-state index contributed by atoms with van der Waals surface area (Å²) >= 11 is 0. The maximum Gasteiger partial charge on any atom is 0.250 e. The van der Waals surface area contributed by atoms with Gasteiger partial charge in [-0.3, -0.25) is 4.79 Å². The molecule has 1 aliphatic rings. The summed E-state index contributed by atoms with van der Waals surface area (Å²) in [6.07, 6.45) is 7.06. The van der Waals surface area contributed by atoms with Crippen molar-refractivity contribution in [3.63, 3.8) is 0 Å². The molecule has 2 heterocycles. The highest BCUT2D eigenvalue weighted by molar-refractivity contribution is 5.63. The lowest BCUT2D eigenvalue weighted by Gasteiger charge is -2.15. The van der Waals surface area contributed by atoms with Gasteiger partial charge in [0.2, 0.25) is 5.95 Å². The van der Waals surface area contributed by atoms with Crippen molar-refractivity contribution in [2.24, 2.45) is 0 Å². The van der Waals surface area contributed by atoms with E-state index in [2.05, 4.69) is 15.3 Å². The van der Waals surface area contributed by atoms with Crippen LogP contribution in [0.3, 0.4) is 0 Å². The fourth-order valence-corrected chi connectivity index (χ4v) is 3.71. The van der Waals surface area contributed by atoms with E-state index in [0.717, 1.165) is 43.3 Å². The van der Waals surface area contributed by atoms with Gasteiger partial charge >= 0.3 is 0 Å². The molecular weight excluding hydrogens is 369 g/mol. The SMILES string of the molecule is CN(C)c1ccc(Nc2ncc(F)c(-c3ccc(=O)n(C4CCCC4)c3)n2)cc1. The molecule has 0 unspecified atom stereocenters. The largest absolute Gasteiger partial charge is 0.378 e. The Hall–Kier alpha value is -3.22. The van der Waals surface area contributed by atoms with Crippen molar-refractivity contribution in [2.45, 2.75) is 31.7 Å². The lowest BCUT2D eigenvalue weighted by atomic mass is 10.1. The summed E-state index contributed by atoms with van der Waals surface area (Å²) in [6, 6.07) is 11.1. The number of nitrogens with one attached hydrogen (secondary N) is 1. The highest BCUT2D eigenvalue weighted by atomic mass is 19.1. The van der Waals surface area contributed by atoms with Crippen molar-refractivity contribution in [3.05, 3.63) is 65.0 Å². The van der Waals surface area contributed by atoms with Crippen molar-refractivity contribution >= 4 is 17.3 Å². The molecule has 1 aliphatic carbocycles. The molecule has 0 saturated heterocycles. The zero-order chi connectivity index (χ0) is 20.4. The first-order valence-electron chi connectivity index (χ1n) is 9.81. The number of pyridine rings is 1. The predicted octanol–water partition coefficient (Wildman–Crippen LogP) is 4.37. The fourth-order valence-electron chi connectivity index (χ4n) is 3.71. The molecule has 1 saturated carbocycles. The number of nitrogens with zero attached hydrogens (tertiary/aromatic N) is 4. The molecule has 0 atom stereocenters. The van der Waals surface area contributed by atoms with E-state index in [-0.39, 0.29) is 17.3 Å². The van der Waals surface area contributed by atoms with Gasteiger partial charge in [-0.15, -0.1) is 0 Å². The third kappa shape index (κ3) is 4.13. The van der Waals surface area contributed by atoms with Crippen molar-refractivity contribution in [1.29, 1.82) is 0 Å². The quantitative estimate of drug-likeness (QED) is 0.697. The van der Waals surface area contributed by atoms with Crippen LogP contribution >= 0.6 is 0 Å². The summed E-state index contributed by atoms with van der Waals surface area (Å²) in [6.45, 7) is 0. The van der Waals surface area contributed by atoms with E-state index in [1.807, 2.05) is 43.3 Å². The molecule has 0 amide bonds. The molecule has 150 valence electrons. The van der Waals surface area contributed by atoms with E-state index >= 15 is 0 Å². The first-order valence-corrected chi connectivity index (χ1v) is 9.81. The Labute approximate surface area is 169 Å². The average Bonchev–Trinajstić information content (AvgIpc) is 3.25. The number of halogens is 1. The van der Waals surface area contributed by atoms with Crippen molar-refractivity contribution in [3.8, 4) is 11.3 Å². The zero-order valence-corrected chi connectivity index (χ0v) is 16.6. The molecule has 1 aromatic carbocycles. The van der Waals surface area contributed by atoms with Gasteiger partial charge in [-0.25, -0.2) is 14.4 Å². The Morgan fingerprint density at radius 1 is 1.10 bits per heavy atom. The van der Waals surface area contributed by atoms with E-state index in [1.54, 1.807) is 16.8 Å². The molecule has 3 aromatic rings. The molecule has 1 N–H and O–H groups in total. The van der Waals surface area contributed by atoms with Gasteiger partial charge in [0.1, 0.15) is 5.69 Å². The standard InChI is InChI=1S/C22H24FN5O/c1-27(2)17-10-8-16(9-11-17)25-22-24-13-19(23)21(26-22)15-7-12-20(29)28(14-15)18-5-3-4-6-18/h7-14,18H,3-6H2,1-2H3,(H,24,25,26). The Bertz CT molecular complexity index is 1060. The number of hydrogen-bond acceptors (Lipinski definition) is 5. The summed E-state index contributed by atoms with van der Waals surface area (Å²) in [5, 5.41) is 3.11. The summed E-state index contributed by atoms with van der Waals surface area (Å²) < 4.78 is 16.2. The normalized spacial score (nSPS) is 14.2. The van der Waals surface area contributed by atoms with E-state index < -0.39 is 5.82 Å². The average molecular weight is 393 g/mol. The van der Waals surface area contributed by atoms with Gasteiger partial charge in [0.25, 0.3) is 5.56 Å². The van der Waals surface area contributed by atoms with Crippen molar-refractivity contribution in [2.75, 3.05) is 24.3 Å². The molecule has 1 fully saturated rings. The van der Waals surface area contributed by atoms with Crippen LogP contribution in [-0.2, 0) is 0 Å². The smallest absolute Gasteiger partial charge is 0.250 e. The molecule has 7 heteroatoms. The molecule has 29 heavy (non-hydrogen) atoms. The topological polar surface area (TPSA) is 63.1 Å². The van der Waals surface area contributed by atoms with Gasteiger partial charge in [-0.05, 0) is 43.2 Å². The molecule has 0 spiro atoms. The Morgan fingerprint density at radius 3 is 2.52 bits per heavy atom. The van der Waals surface area contributed by atoms with E-state index in [4.69, 9.17) is 0 Å². The summed E-state index contributed by atoms with van der Waals surface area (Å²) in [4.78, 5) is 22.7. The minimum Gasteiger partial charge on any atom is -0.378 e. The van der Waals surface area contributed by atoms with Crippen LogP contribution in [0.25, 0.3) is 11.3 Å². The summed E-state index contributed by atoms with van der Waals surface area (Å²) in [5.74, 6) is -0.215.